The summed E-state index contributed by atoms with van der Waals surface area (Å²) in [6, 6.07) is 93.0. The summed E-state index contributed by atoms with van der Waals surface area (Å²) < 4.78 is 0. The van der Waals surface area contributed by atoms with Gasteiger partial charge in [-0.25, -0.2) is 0 Å². The molecule has 6 aliphatic carbocycles. The van der Waals surface area contributed by atoms with Crippen LogP contribution >= 0.6 is 0 Å². The first kappa shape index (κ1) is 59.8. The molecule has 0 heteroatoms. The van der Waals surface area contributed by atoms with Gasteiger partial charge in [0.1, 0.15) is 0 Å². The summed E-state index contributed by atoms with van der Waals surface area (Å²) in [6.07, 6.45) is 12.3. The van der Waals surface area contributed by atoms with Crippen LogP contribution in [0, 0.1) is 0 Å². The van der Waals surface area contributed by atoms with Gasteiger partial charge in [0.25, 0.3) is 0 Å². The van der Waals surface area contributed by atoms with Gasteiger partial charge in [-0.15, -0.1) is 0 Å². The summed E-state index contributed by atoms with van der Waals surface area (Å²) in [5, 5.41) is 0. The van der Waals surface area contributed by atoms with Gasteiger partial charge in [0.2, 0.25) is 0 Å². The Morgan fingerprint density at radius 3 is 0.675 bits per heavy atom. The van der Waals surface area contributed by atoms with Gasteiger partial charge in [0.15, 0.2) is 0 Å². The van der Waals surface area contributed by atoms with Crippen LogP contribution in [0.4, 0.5) is 0 Å². The van der Waals surface area contributed by atoms with Crippen molar-refractivity contribution >= 4 is 0 Å². The molecule has 2 fully saturated rings. The van der Waals surface area contributed by atoms with E-state index in [9.17, 15) is 0 Å². The molecule has 2 saturated carbocycles. The molecule has 422 valence electrons. The molecule has 2 spiro atoms. The van der Waals surface area contributed by atoms with Gasteiger partial charge in [-0.2, -0.15) is 0 Å². The van der Waals surface area contributed by atoms with Gasteiger partial charge in [-0.3, -0.25) is 0 Å². The van der Waals surface area contributed by atoms with Crippen molar-refractivity contribution in [3.8, 4) is 44.5 Å². The van der Waals surface area contributed by atoms with Crippen molar-refractivity contribution in [1.29, 1.82) is 0 Å². The number of rotatable bonds is 2. The van der Waals surface area contributed by atoms with Crippen LogP contribution in [0.1, 0.15) is 183 Å². The zero-order valence-corrected chi connectivity index (χ0v) is 51.6. The third-order valence-corrected chi connectivity index (χ3v) is 18.4. The lowest BCUT2D eigenvalue weighted by Crippen LogP contribution is -2.28. The molecule has 10 aromatic rings. The fraction of sp³-hybridized carbons (Fsp3) is 0.277. The number of benzene rings is 10. The monoisotopic (exact) mass is 1090 g/mol. The summed E-state index contributed by atoms with van der Waals surface area (Å²) in [5.41, 5.74) is 26.6. The van der Waals surface area contributed by atoms with E-state index < -0.39 is 0 Å². The molecule has 10 aromatic carbocycles. The van der Waals surface area contributed by atoms with E-state index in [2.05, 4.69) is 269 Å². The Morgan fingerprint density at radius 1 is 0.205 bits per heavy atom. The molecule has 0 N–H and O–H groups in total. The predicted octanol–water partition coefficient (Wildman–Crippen LogP) is 23.6. The molecule has 16 rings (SSSR count). The van der Waals surface area contributed by atoms with E-state index in [4.69, 9.17) is 0 Å². The van der Waals surface area contributed by atoms with Crippen LogP contribution in [0.15, 0.2) is 255 Å². The molecule has 0 saturated heterocycles. The highest BCUT2D eigenvalue weighted by Gasteiger charge is 2.47. The van der Waals surface area contributed by atoms with E-state index in [-0.39, 0.29) is 10.8 Å². The Labute approximate surface area is 500 Å². The minimum atomic E-state index is -0.254. The van der Waals surface area contributed by atoms with E-state index in [1.165, 1.54) is 136 Å². The zero-order valence-electron chi connectivity index (χ0n) is 51.6. The maximum Gasteiger partial charge on any atom is 0.0713 e. The number of fused-ring (bicyclic) bond motifs is 16. The maximum atomic E-state index is 2.36. The van der Waals surface area contributed by atoms with Crippen molar-refractivity contribution in [2.45, 2.75) is 149 Å². The summed E-state index contributed by atoms with van der Waals surface area (Å²) in [5.74, 6) is 0. The Balaban J connectivity index is 0.000000130. The van der Waals surface area contributed by atoms with Gasteiger partial charge >= 0.3 is 0 Å². The second-order valence-corrected chi connectivity index (χ2v) is 22.4. The quantitative estimate of drug-likeness (QED) is 0.162. The molecule has 0 bridgehead atoms. The standard InChI is InChI=1S/C25H18.C18H18.C17H16.C15H14.4C2H6/c1-3-11-19(12-4-1)25(20-13-5-2-6-14-20)23-17-9-7-15-21(23)22-16-8-10-18-24(22)25;1-6-12-18(13-7-1)16-10-4-2-8-14(16)15-9-3-5-11-17(15)18;1-3-9-15-13(7-1)14-8-2-4-10-16(14)17(15)11-5-6-12-17;1-15(2)13-9-5-3-7-11(13)12-8-4-6-10-14(12)15;4*1-2/h1-18H;2-5,8-11H,1,6-7,12-13H2;1-4,7-10H,5-6,11-12H2;3-10H,1-2H3;4*1-2H3. The number of hydrogen-bond acceptors (Lipinski definition) is 0. The highest BCUT2D eigenvalue weighted by molar-refractivity contribution is 5.87. The fourth-order valence-corrected chi connectivity index (χ4v) is 15.1. The van der Waals surface area contributed by atoms with Crippen molar-refractivity contribution in [2.24, 2.45) is 0 Å². The fourth-order valence-electron chi connectivity index (χ4n) is 15.1. The molecule has 0 aromatic heterocycles. The third kappa shape index (κ3) is 10.6. The highest BCUT2D eigenvalue weighted by Crippen LogP contribution is 2.59. The first-order valence-corrected chi connectivity index (χ1v) is 31.9. The summed E-state index contributed by atoms with van der Waals surface area (Å²) in [7, 11) is 0. The minimum Gasteiger partial charge on any atom is -0.0683 e. The van der Waals surface area contributed by atoms with E-state index in [0.717, 1.165) is 0 Å². The first-order valence-electron chi connectivity index (χ1n) is 31.9. The lowest BCUT2D eigenvalue weighted by Gasteiger charge is -2.35. The topological polar surface area (TPSA) is 0 Å². The van der Waals surface area contributed by atoms with Crippen molar-refractivity contribution in [3.63, 3.8) is 0 Å². The molecule has 0 heterocycles. The van der Waals surface area contributed by atoms with Crippen LogP contribution in [0.3, 0.4) is 0 Å². The molecule has 0 atom stereocenters. The molecular formula is C83H90. The van der Waals surface area contributed by atoms with Crippen LogP contribution < -0.4 is 0 Å². The molecule has 0 aliphatic heterocycles. The van der Waals surface area contributed by atoms with Gasteiger partial charge < -0.3 is 0 Å². The predicted molar refractivity (Wildman–Crippen MR) is 360 cm³/mol. The van der Waals surface area contributed by atoms with Crippen molar-refractivity contribution in [1.82, 2.24) is 0 Å². The van der Waals surface area contributed by atoms with E-state index in [1.54, 1.807) is 22.3 Å². The Kier molecular flexibility index (Phi) is 19.5. The Bertz CT molecular complexity index is 3440. The number of hydrogen-bond donors (Lipinski definition) is 0. The average Bonchev–Trinajstić information content (AvgIpc) is 2.31. The van der Waals surface area contributed by atoms with Crippen molar-refractivity contribution < 1.29 is 0 Å². The molecular weight excluding hydrogens is 997 g/mol. The van der Waals surface area contributed by atoms with Crippen LogP contribution in [0.25, 0.3) is 44.5 Å². The second kappa shape index (κ2) is 27.1. The molecule has 0 amide bonds. The van der Waals surface area contributed by atoms with Crippen molar-refractivity contribution in [3.05, 3.63) is 310 Å². The van der Waals surface area contributed by atoms with Gasteiger partial charge in [-0.05, 0) is 126 Å². The van der Waals surface area contributed by atoms with Crippen LogP contribution in [0.2, 0.25) is 0 Å². The van der Waals surface area contributed by atoms with E-state index >= 15 is 0 Å². The Morgan fingerprint density at radius 2 is 0.398 bits per heavy atom. The van der Waals surface area contributed by atoms with E-state index in [1.807, 2.05) is 55.4 Å². The van der Waals surface area contributed by atoms with Crippen LogP contribution in [-0.2, 0) is 21.7 Å². The molecule has 0 radical (unpaired) electrons. The van der Waals surface area contributed by atoms with Gasteiger partial charge in [0, 0.05) is 16.2 Å². The smallest absolute Gasteiger partial charge is 0.0683 e. The SMILES string of the molecule is CC.CC.CC.CC.CC1(C)c2ccccc2-c2ccccc21.c1ccc(C2(c3ccccc3)c3ccccc3-c3ccccc32)cc1.c1ccc2c(c1)-c1ccccc1C21CCCC1.c1ccc2c(c1)-c1ccccc1C21CCCCC1. The maximum absolute atomic E-state index is 2.36. The van der Waals surface area contributed by atoms with Crippen LogP contribution in [-0.4, -0.2) is 0 Å². The summed E-state index contributed by atoms with van der Waals surface area (Å²) >= 11 is 0. The first-order chi connectivity index (χ1) is 41.0. The van der Waals surface area contributed by atoms with Crippen molar-refractivity contribution in [2.75, 3.05) is 0 Å². The average molecular weight is 1090 g/mol. The largest absolute Gasteiger partial charge is 0.0713 e. The van der Waals surface area contributed by atoms with Gasteiger partial charge in [0.05, 0.1) is 5.41 Å². The zero-order chi connectivity index (χ0) is 58.5. The molecule has 6 aliphatic rings. The highest BCUT2D eigenvalue weighted by atomic mass is 14.5. The lowest BCUT2D eigenvalue weighted by atomic mass is 9.68. The molecule has 0 unspecified atom stereocenters. The summed E-state index contributed by atoms with van der Waals surface area (Å²) in [4.78, 5) is 0. The molecule has 0 nitrogen and oxygen atoms in total. The Hall–Kier alpha value is -7.80. The van der Waals surface area contributed by atoms with Gasteiger partial charge in [-0.1, -0.05) is 356 Å². The normalized spacial score (nSPS) is 15.5. The minimum absolute atomic E-state index is 0.160. The third-order valence-electron chi connectivity index (χ3n) is 18.4. The van der Waals surface area contributed by atoms with Crippen LogP contribution in [0.5, 0.6) is 0 Å². The lowest BCUT2D eigenvalue weighted by molar-refractivity contribution is 0.353. The second-order valence-electron chi connectivity index (χ2n) is 22.4. The van der Waals surface area contributed by atoms with E-state index in [0.29, 0.717) is 10.8 Å². The summed E-state index contributed by atoms with van der Waals surface area (Å²) in [6.45, 7) is 20.6. The molecule has 83 heavy (non-hydrogen) atoms.